The number of aryl methyl sites for hydroxylation is 1. The summed E-state index contributed by atoms with van der Waals surface area (Å²) in [4.78, 5) is 11.9. The summed E-state index contributed by atoms with van der Waals surface area (Å²) in [6.45, 7) is 2.05. The van der Waals surface area contributed by atoms with Crippen molar-refractivity contribution >= 4 is 15.8 Å². The molecule has 1 aliphatic heterocycles. The van der Waals surface area contributed by atoms with Crippen LogP contribution in [0, 0.1) is 0 Å². The fourth-order valence-electron chi connectivity index (χ4n) is 1.98. The van der Waals surface area contributed by atoms with Gasteiger partial charge in [0, 0.05) is 0 Å². The maximum atomic E-state index is 11.8. The van der Waals surface area contributed by atoms with E-state index in [1.54, 1.807) is 13.0 Å². The molecule has 0 fully saturated rings. The zero-order chi connectivity index (χ0) is 12.5. The Bertz CT molecular complexity index is 546. The van der Waals surface area contributed by atoms with Crippen LogP contribution in [0.15, 0.2) is 23.1 Å². The maximum Gasteiger partial charge on any atom is 0.338 e. The summed E-state index contributed by atoms with van der Waals surface area (Å²) in [5, 5.41) is 0. The first-order valence-electron chi connectivity index (χ1n) is 5.57. The fourth-order valence-corrected chi connectivity index (χ4v) is 3.56. The maximum absolute atomic E-state index is 11.8. The summed E-state index contributed by atoms with van der Waals surface area (Å²) in [7, 11) is -3.15. The number of esters is 1. The van der Waals surface area contributed by atoms with Gasteiger partial charge in [0.05, 0.1) is 22.8 Å². The van der Waals surface area contributed by atoms with E-state index in [0.717, 1.165) is 5.56 Å². The van der Waals surface area contributed by atoms with Gasteiger partial charge < -0.3 is 4.74 Å². The lowest BCUT2D eigenvalue weighted by molar-refractivity contribution is 0.0526. The van der Waals surface area contributed by atoms with Crippen molar-refractivity contribution in [3.63, 3.8) is 0 Å². The Morgan fingerprint density at radius 2 is 2.18 bits per heavy atom. The number of sulfone groups is 1. The summed E-state index contributed by atoms with van der Waals surface area (Å²) in [6, 6.07) is 4.65. The van der Waals surface area contributed by atoms with Crippen LogP contribution in [-0.2, 0) is 21.0 Å². The first-order valence-corrected chi connectivity index (χ1v) is 7.22. The molecule has 0 atom stereocenters. The number of rotatable bonds is 2. The van der Waals surface area contributed by atoms with Crippen LogP contribution in [0.4, 0.5) is 0 Å². The van der Waals surface area contributed by atoms with Crippen LogP contribution in [0.3, 0.4) is 0 Å². The van der Waals surface area contributed by atoms with E-state index in [1.807, 2.05) is 0 Å². The van der Waals surface area contributed by atoms with Gasteiger partial charge >= 0.3 is 5.97 Å². The van der Waals surface area contributed by atoms with Crippen molar-refractivity contribution in [2.75, 3.05) is 12.4 Å². The number of carbonyl (C=O) groups excluding carboxylic acids is 1. The molecule has 0 radical (unpaired) electrons. The molecule has 0 unspecified atom stereocenters. The van der Waals surface area contributed by atoms with Crippen LogP contribution in [0.5, 0.6) is 0 Å². The van der Waals surface area contributed by atoms with Gasteiger partial charge in [0.2, 0.25) is 0 Å². The molecule has 0 saturated heterocycles. The Kier molecular flexibility index (Phi) is 3.19. The Hall–Kier alpha value is -1.36. The van der Waals surface area contributed by atoms with Crippen molar-refractivity contribution in [1.29, 1.82) is 0 Å². The fraction of sp³-hybridized carbons (Fsp3) is 0.417. The molecule has 1 heterocycles. The lowest BCUT2D eigenvalue weighted by Crippen LogP contribution is -2.17. The molecule has 92 valence electrons. The third-order valence-corrected chi connectivity index (χ3v) is 4.66. The molecule has 0 N–H and O–H groups in total. The van der Waals surface area contributed by atoms with Crippen molar-refractivity contribution in [2.45, 2.75) is 24.7 Å². The van der Waals surface area contributed by atoms with Crippen LogP contribution in [0.1, 0.15) is 29.3 Å². The highest BCUT2D eigenvalue weighted by molar-refractivity contribution is 7.91. The first-order chi connectivity index (χ1) is 8.04. The Balaban J connectivity index is 2.41. The molecular weight excluding hydrogens is 240 g/mol. The smallest absolute Gasteiger partial charge is 0.338 e. The first kappa shape index (κ1) is 12.1. The van der Waals surface area contributed by atoms with Gasteiger partial charge in [-0.3, -0.25) is 0 Å². The molecule has 5 heteroatoms. The topological polar surface area (TPSA) is 60.4 Å². The third kappa shape index (κ3) is 2.34. The number of hydrogen-bond donors (Lipinski definition) is 0. The summed E-state index contributed by atoms with van der Waals surface area (Å²) < 4.78 is 28.4. The van der Waals surface area contributed by atoms with Crippen molar-refractivity contribution in [1.82, 2.24) is 0 Å². The lowest BCUT2D eigenvalue weighted by atomic mass is 10.1. The van der Waals surface area contributed by atoms with E-state index in [-0.39, 0.29) is 5.75 Å². The van der Waals surface area contributed by atoms with Gasteiger partial charge in [-0.05, 0) is 43.5 Å². The molecule has 1 aliphatic rings. The van der Waals surface area contributed by atoms with E-state index in [9.17, 15) is 13.2 Å². The molecule has 2 rings (SSSR count). The van der Waals surface area contributed by atoms with Gasteiger partial charge in [-0.25, -0.2) is 13.2 Å². The second kappa shape index (κ2) is 4.49. The molecular formula is C12H14O4S. The van der Waals surface area contributed by atoms with E-state index in [4.69, 9.17) is 4.74 Å². The van der Waals surface area contributed by atoms with Gasteiger partial charge in [-0.15, -0.1) is 0 Å². The van der Waals surface area contributed by atoms with Gasteiger partial charge in [-0.1, -0.05) is 0 Å². The highest BCUT2D eigenvalue weighted by Gasteiger charge is 2.24. The SMILES string of the molecule is CCOC(=O)c1ccc2c(c1)CCCS2(=O)=O. The zero-order valence-corrected chi connectivity index (χ0v) is 10.4. The Morgan fingerprint density at radius 1 is 1.41 bits per heavy atom. The minimum atomic E-state index is -3.15. The molecule has 0 amide bonds. The van der Waals surface area contributed by atoms with Crippen LogP contribution < -0.4 is 0 Å². The Morgan fingerprint density at radius 3 is 2.88 bits per heavy atom. The van der Waals surface area contributed by atoms with Crippen molar-refractivity contribution < 1.29 is 17.9 Å². The predicted octanol–water partition coefficient (Wildman–Crippen LogP) is 1.58. The van der Waals surface area contributed by atoms with Crippen molar-refractivity contribution in [3.05, 3.63) is 29.3 Å². The van der Waals surface area contributed by atoms with Gasteiger partial charge in [-0.2, -0.15) is 0 Å². The number of fused-ring (bicyclic) bond motifs is 1. The molecule has 0 aliphatic carbocycles. The van der Waals surface area contributed by atoms with E-state index >= 15 is 0 Å². The average Bonchev–Trinajstić information content (AvgIpc) is 2.28. The third-order valence-electron chi connectivity index (χ3n) is 2.77. The standard InChI is InChI=1S/C12H14O4S/c1-2-16-12(13)10-5-6-11-9(8-10)4-3-7-17(11,14)15/h5-6,8H,2-4,7H2,1H3. The van der Waals surface area contributed by atoms with Crippen LogP contribution in [0.25, 0.3) is 0 Å². The molecule has 1 aromatic carbocycles. The van der Waals surface area contributed by atoms with Crippen LogP contribution in [0.2, 0.25) is 0 Å². The van der Waals surface area contributed by atoms with E-state index < -0.39 is 15.8 Å². The summed E-state index contributed by atoms with van der Waals surface area (Å²) in [5.41, 5.74) is 1.14. The minimum Gasteiger partial charge on any atom is -0.462 e. The second-order valence-corrected chi connectivity index (χ2v) is 6.04. The highest BCUT2D eigenvalue weighted by Crippen LogP contribution is 2.26. The molecule has 4 nitrogen and oxygen atoms in total. The molecule has 17 heavy (non-hydrogen) atoms. The van der Waals surface area contributed by atoms with E-state index in [1.165, 1.54) is 12.1 Å². The number of ether oxygens (including phenoxy) is 1. The Labute approximate surface area is 101 Å². The number of benzene rings is 1. The number of carbonyl (C=O) groups is 1. The lowest BCUT2D eigenvalue weighted by Gasteiger charge is -2.16. The van der Waals surface area contributed by atoms with Crippen LogP contribution >= 0.6 is 0 Å². The molecule has 0 spiro atoms. The normalized spacial score (nSPS) is 17.2. The average molecular weight is 254 g/mol. The molecule has 0 aromatic heterocycles. The van der Waals surface area contributed by atoms with E-state index in [0.29, 0.717) is 29.9 Å². The molecule has 1 aromatic rings. The molecule has 0 bridgehead atoms. The monoisotopic (exact) mass is 254 g/mol. The van der Waals surface area contributed by atoms with Crippen molar-refractivity contribution in [2.24, 2.45) is 0 Å². The zero-order valence-electron chi connectivity index (χ0n) is 9.60. The number of hydrogen-bond acceptors (Lipinski definition) is 4. The summed E-state index contributed by atoms with van der Waals surface area (Å²) in [6.07, 6.45) is 1.31. The second-order valence-electron chi connectivity index (χ2n) is 3.97. The largest absolute Gasteiger partial charge is 0.462 e. The van der Waals surface area contributed by atoms with E-state index in [2.05, 4.69) is 0 Å². The van der Waals surface area contributed by atoms with Gasteiger partial charge in [0.1, 0.15) is 0 Å². The predicted molar refractivity (Wildman–Crippen MR) is 62.8 cm³/mol. The minimum absolute atomic E-state index is 0.193. The van der Waals surface area contributed by atoms with Crippen LogP contribution in [-0.4, -0.2) is 26.7 Å². The highest BCUT2D eigenvalue weighted by atomic mass is 32.2. The quantitative estimate of drug-likeness (QED) is 0.752. The van der Waals surface area contributed by atoms with Gasteiger partial charge in [0.25, 0.3) is 0 Å². The summed E-state index contributed by atoms with van der Waals surface area (Å²) >= 11 is 0. The summed E-state index contributed by atoms with van der Waals surface area (Å²) in [5.74, 6) is -0.211. The van der Waals surface area contributed by atoms with Gasteiger partial charge in [0.15, 0.2) is 9.84 Å². The molecule has 0 saturated carbocycles. The van der Waals surface area contributed by atoms with Crippen molar-refractivity contribution in [3.8, 4) is 0 Å².